The average molecular weight is 685 g/mol. The van der Waals surface area contributed by atoms with Crippen LogP contribution in [0.4, 0.5) is 4.39 Å². The summed E-state index contributed by atoms with van der Waals surface area (Å²) in [6.45, 7) is 0. The molecule has 2 aliphatic carbocycles. The van der Waals surface area contributed by atoms with Crippen molar-refractivity contribution in [3.8, 4) is 28.3 Å². The maximum absolute atomic E-state index is 14.0. The van der Waals surface area contributed by atoms with Crippen LogP contribution in [0.25, 0.3) is 94.9 Å². The minimum absolute atomic E-state index is 0.261. The lowest BCUT2D eigenvalue weighted by atomic mass is 9.99. The molecule has 11 rings (SSSR count). The molecule has 0 N–H and O–H groups in total. The largest absolute Gasteiger partial charge is 0.333 e. The molecule has 53 heavy (non-hydrogen) atoms. The average Bonchev–Trinajstić information content (AvgIpc) is 3.73. The van der Waals surface area contributed by atoms with E-state index in [4.69, 9.17) is 9.97 Å². The number of halogens is 1. The van der Waals surface area contributed by atoms with Crippen LogP contribution in [0.3, 0.4) is 0 Å². The van der Waals surface area contributed by atoms with Crippen LogP contribution in [0.5, 0.6) is 0 Å². The second-order valence-corrected chi connectivity index (χ2v) is 14.1. The van der Waals surface area contributed by atoms with Crippen molar-refractivity contribution in [2.75, 3.05) is 0 Å². The van der Waals surface area contributed by atoms with Gasteiger partial charge in [-0.25, -0.2) is 14.4 Å². The first-order valence-corrected chi connectivity index (χ1v) is 18.4. The number of fused-ring (bicyclic) bond motifs is 9. The highest BCUT2D eigenvalue weighted by atomic mass is 19.1. The molecule has 4 nitrogen and oxygen atoms in total. The molecule has 5 heteroatoms. The summed E-state index contributed by atoms with van der Waals surface area (Å²) in [6.07, 6.45) is 16.1. The fourth-order valence-corrected chi connectivity index (χ4v) is 8.69. The van der Waals surface area contributed by atoms with Crippen LogP contribution in [0.15, 0.2) is 146 Å². The predicted molar refractivity (Wildman–Crippen MR) is 217 cm³/mol. The quantitative estimate of drug-likeness (QED) is 0.185. The van der Waals surface area contributed by atoms with E-state index in [1.165, 1.54) is 50.3 Å². The molecule has 2 aliphatic rings. The molecule has 0 saturated heterocycles. The van der Waals surface area contributed by atoms with E-state index in [1.54, 1.807) is 0 Å². The smallest absolute Gasteiger partial charge is 0.235 e. The van der Waals surface area contributed by atoms with Crippen molar-refractivity contribution in [1.29, 1.82) is 0 Å². The molecule has 0 bridgehead atoms. The van der Waals surface area contributed by atoms with Gasteiger partial charge in [-0.3, -0.25) is 4.57 Å². The standard InChI is InChI=1S/C48H33FN4/c49-34-23-18-31(19-24-34)47-38-15-6-8-16-41(38)50-48(51-47)53-42-17-9-7-14-37(42)39-28-32(21-25-43(39)53)33-22-26-44-40(29-33)46-36-13-5-4-10-30(36)20-27-45(46)52(44)35-11-2-1-3-12-35/h1-5,7,9-11,13-29,35H,6,8,12H2. The van der Waals surface area contributed by atoms with Crippen LogP contribution >= 0.6 is 0 Å². The molecule has 0 fully saturated rings. The molecule has 0 saturated carbocycles. The van der Waals surface area contributed by atoms with E-state index in [-0.39, 0.29) is 11.9 Å². The Morgan fingerprint density at radius 3 is 2.15 bits per heavy atom. The lowest BCUT2D eigenvalue weighted by Gasteiger charge is -2.18. The monoisotopic (exact) mass is 684 g/mol. The number of para-hydroxylation sites is 1. The van der Waals surface area contributed by atoms with Gasteiger partial charge in [0.15, 0.2) is 0 Å². The number of allylic oxidation sites excluding steroid dienone is 4. The van der Waals surface area contributed by atoms with Gasteiger partial charge in [0.2, 0.25) is 5.95 Å². The third kappa shape index (κ3) is 4.67. The zero-order chi connectivity index (χ0) is 35.0. The Bertz CT molecular complexity index is 3160. The Kier molecular flexibility index (Phi) is 6.65. The summed E-state index contributed by atoms with van der Waals surface area (Å²) >= 11 is 0. The number of hydrogen-bond donors (Lipinski definition) is 0. The maximum Gasteiger partial charge on any atom is 0.235 e. The topological polar surface area (TPSA) is 35.6 Å². The van der Waals surface area contributed by atoms with E-state index in [1.807, 2.05) is 12.1 Å². The molecular weight excluding hydrogens is 652 g/mol. The van der Waals surface area contributed by atoms with Gasteiger partial charge in [0.25, 0.3) is 0 Å². The van der Waals surface area contributed by atoms with Gasteiger partial charge < -0.3 is 4.57 Å². The maximum atomic E-state index is 14.0. The summed E-state index contributed by atoms with van der Waals surface area (Å²) in [5.41, 5.74) is 8.63. The number of hydrogen-bond acceptors (Lipinski definition) is 2. The summed E-state index contributed by atoms with van der Waals surface area (Å²) in [4.78, 5) is 10.4. The van der Waals surface area contributed by atoms with Crippen molar-refractivity contribution in [2.45, 2.75) is 25.3 Å². The fraction of sp³-hybridized carbons (Fsp3) is 0.0833. The van der Waals surface area contributed by atoms with Crippen LogP contribution in [0.1, 0.15) is 25.3 Å². The molecule has 0 aliphatic heterocycles. The van der Waals surface area contributed by atoms with Crippen molar-refractivity contribution >= 4 is 66.5 Å². The Labute approximate surface area is 304 Å². The minimum Gasteiger partial charge on any atom is -0.333 e. The van der Waals surface area contributed by atoms with E-state index in [2.05, 4.69) is 143 Å². The molecule has 0 spiro atoms. The van der Waals surface area contributed by atoms with Crippen LogP contribution in [-0.4, -0.2) is 19.1 Å². The van der Waals surface area contributed by atoms with E-state index in [0.29, 0.717) is 5.95 Å². The lowest BCUT2D eigenvalue weighted by molar-refractivity contribution is 0.628. The molecule has 0 radical (unpaired) electrons. The summed E-state index contributed by atoms with van der Waals surface area (Å²) in [5.74, 6) is 0.351. The highest BCUT2D eigenvalue weighted by molar-refractivity contribution is 6.21. The summed E-state index contributed by atoms with van der Waals surface area (Å²) in [6, 6.07) is 42.4. The van der Waals surface area contributed by atoms with Gasteiger partial charge in [-0.05, 0) is 102 Å². The summed E-state index contributed by atoms with van der Waals surface area (Å²) in [7, 11) is 0. The first-order valence-electron chi connectivity index (χ1n) is 18.4. The number of rotatable bonds is 4. The number of nitrogens with zero attached hydrogens (tertiary/aromatic N) is 4. The van der Waals surface area contributed by atoms with Gasteiger partial charge >= 0.3 is 0 Å². The van der Waals surface area contributed by atoms with Crippen molar-refractivity contribution in [2.24, 2.45) is 0 Å². The van der Waals surface area contributed by atoms with Gasteiger partial charge in [-0.2, -0.15) is 0 Å². The highest BCUT2D eigenvalue weighted by Crippen LogP contribution is 2.41. The zero-order valence-electron chi connectivity index (χ0n) is 28.9. The number of aromatic nitrogens is 4. The van der Waals surface area contributed by atoms with Crippen molar-refractivity contribution in [3.05, 3.63) is 162 Å². The summed E-state index contributed by atoms with van der Waals surface area (Å²) < 4.78 is 18.7. The highest BCUT2D eigenvalue weighted by Gasteiger charge is 2.21. The third-order valence-electron chi connectivity index (χ3n) is 11.1. The second kappa shape index (κ2) is 11.7. The molecule has 3 heterocycles. The molecular formula is C48H33FN4. The van der Waals surface area contributed by atoms with Crippen LogP contribution in [0.2, 0.25) is 0 Å². The SMILES string of the molecule is Fc1ccc(-c2nc(-n3c4ccccc4c4cc(-c5ccc6c(c5)c5c7ccccc7ccc5n6C5C=CC=CC5)ccc43)nc3c2=CCCC=3)cc1. The molecule has 3 aromatic heterocycles. The Hall–Kier alpha value is -6.59. The van der Waals surface area contributed by atoms with Crippen molar-refractivity contribution in [3.63, 3.8) is 0 Å². The van der Waals surface area contributed by atoms with Gasteiger partial charge in [-0.15, -0.1) is 0 Å². The van der Waals surface area contributed by atoms with Crippen molar-refractivity contribution < 1.29 is 4.39 Å². The fourth-order valence-electron chi connectivity index (χ4n) is 8.69. The molecule has 0 amide bonds. The molecule has 1 atom stereocenters. The minimum atomic E-state index is -0.261. The van der Waals surface area contributed by atoms with Gasteiger partial charge in [-0.1, -0.05) is 97.1 Å². The van der Waals surface area contributed by atoms with Gasteiger partial charge in [0.1, 0.15) is 5.82 Å². The van der Waals surface area contributed by atoms with Crippen LogP contribution in [0, 0.1) is 5.82 Å². The van der Waals surface area contributed by atoms with E-state index < -0.39 is 0 Å². The number of benzene rings is 6. The second-order valence-electron chi connectivity index (χ2n) is 14.1. The Morgan fingerprint density at radius 1 is 0.585 bits per heavy atom. The van der Waals surface area contributed by atoms with E-state index in [0.717, 1.165) is 68.5 Å². The van der Waals surface area contributed by atoms with E-state index >= 15 is 0 Å². The van der Waals surface area contributed by atoms with Gasteiger partial charge in [0, 0.05) is 37.8 Å². The third-order valence-corrected chi connectivity index (χ3v) is 11.1. The van der Waals surface area contributed by atoms with Crippen LogP contribution in [-0.2, 0) is 0 Å². The van der Waals surface area contributed by atoms with E-state index in [9.17, 15) is 4.39 Å². The van der Waals surface area contributed by atoms with Gasteiger partial charge in [0.05, 0.1) is 33.6 Å². The molecule has 1 unspecified atom stereocenters. The Morgan fingerprint density at radius 2 is 1.30 bits per heavy atom. The molecule has 252 valence electrons. The van der Waals surface area contributed by atoms with Crippen LogP contribution < -0.4 is 10.6 Å². The first kappa shape index (κ1) is 30.1. The summed E-state index contributed by atoms with van der Waals surface area (Å²) in [5, 5.41) is 9.31. The molecule has 9 aromatic rings. The van der Waals surface area contributed by atoms with Crippen molar-refractivity contribution in [1.82, 2.24) is 19.1 Å². The lowest BCUT2D eigenvalue weighted by Crippen LogP contribution is -2.34. The zero-order valence-corrected chi connectivity index (χ0v) is 28.9. The first-order chi connectivity index (χ1) is 26.2. The predicted octanol–water partition coefficient (Wildman–Crippen LogP) is 10.7. The normalized spacial score (nSPS) is 15.4. The Balaban J connectivity index is 1.12. The molecule has 6 aromatic carbocycles.